The minimum absolute atomic E-state index is 0.0232. The Morgan fingerprint density at radius 3 is 2.42 bits per heavy atom. The molecule has 0 unspecified atom stereocenters. The Balaban J connectivity index is 1.77. The Kier molecular flexibility index (Phi) is 5.19. The van der Waals surface area contributed by atoms with Crippen LogP contribution in [0.1, 0.15) is 20.9 Å². The first kappa shape index (κ1) is 17.0. The van der Waals surface area contributed by atoms with Crippen molar-refractivity contribution in [1.29, 1.82) is 0 Å². The van der Waals surface area contributed by atoms with Gasteiger partial charge in [-0.05, 0) is 19.1 Å². The first-order valence-corrected chi connectivity index (χ1v) is 8.76. The fraction of sp³-hybridized carbons (Fsp3) is 0.111. The molecule has 0 atom stereocenters. The molecule has 0 fully saturated rings. The van der Waals surface area contributed by atoms with Gasteiger partial charge in [0.25, 0.3) is 0 Å². The Bertz CT molecular complexity index is 858. The second kappa shape index (κ2) is 7.34. The second-order valence-corrected chi connectivity index (χ2v) is 6.89. The van der Waals surface area contributed by atoms with Crippen molar-refractivity contribution in [2.45, 2.75) is 13.5 Å². The van der Waals surface area contributed by atoms with E-state index in [1.54, 1.807) is 25.1 Å². The Morgan fingerprint density at radius 1 is 1.08 bits per heavy atom. The summed E-state index contributed by atoms with van der Waals surface area (Å²) < 4.78 is 5.37. The van der Waals surface area contributed by atoms with Crippen LogP contribution in [0.25, 0.3) is 10.6 Å². The minimum atomic E-state index is -0.428. The van der Waals surface area contributed by atoms with Crippen molar-refractivity contribution in [3.8, 4) is 10.6 Å². The fourth-order valence-corrected chi connectivity index (χ4v) is 3.64. The average Bonchev–Trinajstić information content (AvgIpc) is 2.97. The third kappa shape index (κ3) is 3.61. The van der Waals surface area contributed by atoms with E-state index in [-0.39, 0.29) is 6.61 Å². The molecule has 0 amide bonds. The third-order valence-electron chi connectivity index (χ3n) is 3.41. The van der Waals surface area contributed by atoms with E-state index in [1.807, 2.05) is 30.3 Å². The van der Waals surface area contributed by atoms with Crippen LogP contribution in [0.5, 0.6) is 0 Å². The molecule has 6 heteroatoms. The monoisotopic (exact) mass is 377 g/mol. The summed E-state index contributed by atoms with van der Waals surface area (Å²) in [4.78, 5) is 17.3. The molecular weight excluding hydrogens is 365 g/mol. The van der Waals surface area contributed by atoms with Crippen LogP contribution in [0, 0.1) is 6.92 Å². The molecule has 0 radical (unpaired) electrons. The molecule has 0 bridgehead atoms. The molecule has 0 saturated carbocycles. The zero-order valence-corrected chi connectivity index (χ0v) is 15.1. The molecule has 2 aromatic carbocycles. The lowest BCUT2D eigenvalue weighted by Gasteiger charge is -2.07. The lowest BCUT2D eigenvalue weighted by Crippen LogP contribution is -2.05. The zero-order chi connectivity index (χ0) is 17.1. The summed E-state index contributed by atoms with van der Waals surface area (Å²) in [7, 11) is 0. The van der Waals surface area contributed by atoms with E-state index >= 15 is 0 Å². The third-order valence-corrected chi connectivity index (χ3v) is 5.31. The summed E-state index contributed by atoms with van der Waals surface area (Å²) in [6.45, 7) is 1.82. The number of halogens is 2. The Labute approximate surface area is 153 Å². The number of hydrogen-bond acceptors (Lipinski definition) is 4. The molecule has 3 rings (SSSR count). The van der Waals surface area contributed by atoms with Gasteiger partial charge in [-0.15, -0.1) is 11.3 Å². The molecule has 0 N–H and O–H groups in total. The maximum absolute atomic E-state index is 12.4. The van der Waals surface area contributed by atoms with Crippen molar-refractivity contribution < 1.29 is 9.53 Å². The zero-order valence-electron chi connectivity index (χ0n) is 12.8. The predicted octanol–water partition coefficient (Wildman–Crippen LogP) is 5.78. The number of hydrogen-bond donors (Lipinski definition) is 0. The molecule has 0 saturated heterocycles. The highest BCUT2D eigenvalue weighted by molar-refractivity contribution is 7.17. The number of rotatable bonds is 4. The van der Waals surface area contributed by atoms with Gasteiger partial charge in [-0.3, -0.25) is 0 Å². The van der Waals surface area contributed by atoms with Crippen molar-refractivity contribution in [3.63, 3.8) is 0 Å². The largest absolute Gasteiger partial charge is 0.456 e. The lowest BCUT2D eigenvalue weighted by atomic mass is 10.2. The molecule has 1 heterocycles. The summed E-state index contributed by atoms with van der Waals surface area (Å²) >= 11 is 13.5. The van der Waals surface area contributed by atoms with Crippen LogP contribution in [-0.2, 0) is 11.3 Å². The van der Waals surface area contributed by atoms with Gasteiger partial charge < -0.3 is 4.74 Å². The molecule has 122 valence electrons. The molecule has 3 aromatic rings. The maximum Gasteiger partial charge on any atom is 0.350 e. The van der Waals surface area contributed by atoms with E-state index < -0.39 is 5.97 Å². The summed E-state index contributed by atoms with van der Waals surface area (Å²) in [5, 5.41) is 1.73. The summed E-state index contributed by atoms with van der Waals surface area (Å²) in [5.74, 6) is -0.428. The maximum atomic E-state index is 12.4. The highest BCUT2D eigenvalue weighted by Crippen LogP contribution is 2.29. The van der Waals surface area contributed by atoms with Gasteiger partial charge in [0.1, 0.15) is 16.5 Å². The van der Waals surface area contributed by atoms with Crippen molar-refractivity contribution >= 4 is 40.5 Å². The minimum Gasteiger partial charge on any atom is -0.456 e. The molecular formula is C18H13Cl2NO2S. The number of carbonyl (C=O) groups is 1. The van der Waals surface area contributed by atoms with E-state index in [0.717, 1.165) is 10.6 Å². The van der Waals surface area contributed by atoms with E-state index in [0.29, 0.717) is 26.2 Å². The lowest BCUT2D eigenvalue weighted by molar-refractivity contribution is 0.0478. The fourth-order valence-electron chi connectivity index (χ4n) is 2.16. The van der Waals surface area contributed by atoms with Gasteiger partial charge in [0, 0.05) is 21.2 Å². The van der Waals surface area contributed by atoms with Crippen LogP contribution < -0.4 is 0 Å². The molecule has 1 aromatic heterocycles. The highest BCUT2D eigenvalue weighted by Gasteiger charge is 2.18. The molecule has 0 spiro atoms. The second-order valence-electron chi connectivity index (χ2n) is 5.08. The predicted molar refractivity (Wildman–Crippen MR) is 97.9 cm³/mol. The van der Waals surface area contributed by atoms with E-state index in [1.165, 1.54) is 11.3 Å². The topological polar surface area (TPSA) is 39.2 Å². The van der Waals surface area contributed by atoms with Crippen LogP contribution in [-0.4, -0.2) is 11.0 Å². The van der Waals surface area contributed by atoms with Crippen molar-refractivity contribution in [1.82, 2.24) is 4.98 Å². The quantitative estimate of drug-likeness (QED) is 0.540. The number of thiazole rings is 1. The van der Waals surface area contributed by atoms with Gasteiger partial charge >= 0.3 is 5.97 Å². The van der Waals surface area contributed by atoms with Crippen molar-refractivity contribution in [2.75, 3.05) is 0 Å². The van der Waals surface area contributed by atoms with Gasteiger partial charge in [-0.1, -0.05) is 59.6 Å². The van der Waals surface area contributed by atoms with Gasteiger partial charge in [-0.2, -0.15) is 0 Å². The van der Waals surface area contributed by atoms with Crippen molar-refractivity contribution in [2.24, 2.45) is 0 Å². The van der Waals surface area contributed by atoms with E-state index in [2.05, 4.69) is 4.98 Å². The van der Waals surface area contributed by atoms with E-state index in [9.17, 15) is 4.79 Å². The molecule has 24 heavy (non-hydrogen) atoms. The number of carbonyl (C=O) groups excluding carboxylic acids is 1. The number of nitrogens with zero attached hydrogens (tertiary/aromatic N) is 1. The molecule has 3 nitrogen and oxygen atoms in total. The molecule has 0 aliphatic rings. The average molecular weight is 378 g/mol. The van der Waals surface area contributed by atoms with Crippen LogP contribution in [0.15, 0.2) is 48.5 Å². The standard InChI is InChI=1S/C18H13Cl2NO2S/c1-11-16(24-17(21-11)12-6-3-2-4-7-12)18(22)23-10-13-14(19)8-5-9-15(13)20/h2-9H,10H2,1H3. The number of ether oxygens (including phenoxy) is 1. The highest BCUT2D eigenvalue weighted by atomic mass is 35.5. The molecule has 0 aliphatic heterocycles. The smallest absolute Gasteiger partial charge is 0.350 e. The van der Waals surface area contributed by atoms with Crippen molar-refractivity contribution in [3.05, 3.63) is 74.7 Å². The first-order valence-electron chi connectivity index (χ1n) is 7.19. The Hall–Kier alpha value is -1.88. The van der Waals surface area contributed by atoms with Gasteiger partial charge in [0.15, 0.2) is 0 Å². The Morgan fingerprint density at radius 2 is 1.75 bits per heavy atom. The first-order chi connectivity index (χ1) is 11.6. The number of aromatic nitrogens is 1. The van der Waals surface area contributed by atoms with E-state index in [4.69, 9.17) is 27.9 Å². The number of aryl methyl sites for hydroxylation is 1. The number of esters is 1. The van der Waals surface area contributed by atoms with Crippen LogP contribution >= 0.6 is 34.5 Å². The van der Waals surface area contributed by atoms with Crippen LogP contribution in [0.2, 0.25) is 10.0 Å². The number of benzene rings is 2. The summed E-state index contributed by atoms with van der Waals surface area (Å²) in [6, 6.07) is 14.9. The summed E-state index contributed by atoms with van der Waals surface area (Å²) in [6.07, 6.45) is 0. The molecule has 0 aliphatic carbocycles. The van der Waals surface area contributed by atoms with Gasteiger partial charge in [-0.25, -0.2) is 9.78 Å². The van der Waals surface area contributed by atoms with Crippen LogP contribution in [0.3, 0.4) is 0 Å². The van der Waals surface area contributed by atoms with Gasteiger partial charge in [0.2, 0.25) is 0 Å². The van der Waals surface area contributed by atoms with Gasteiger partial charge in [0.05, 0.1) is 5.69 Å². The SMILES string of the molecule is Cc1nc(-c2ccccc2)sc1C(=O)OCc1c(Cl)cccc1Cl. The summed E-state index contributed by atoms with van der Waals surface area (Å²) in [5.41, 5.74) is 2.22. The van der Waals surface area contributed by atoms with Crippen LogP contribution in [0.4, 0.5) is 0 Å². The normalized spacial score (nSPS) is 10.6.